The number of carbonyl (C=O) groups excluding carboxylic acids is 1. The molecule has 0 radical (unpaired) electrons. The summed E-state index contributed by atoms with van der Waals surface area (Å²) in [4.78, 5) is 15.6. The van der Waals surface area contributed by atoms with Crippen LogP contribution in [0.2, 0.25) is 0 Å². The Hall–Kier alpha value is -2.27. The van der Waals surface area contributed by atoms with Crippen LogP contribution in [0, 0.1) is 6.92 Å². The molecule has 1 aromatic rings. The van der Waals surface area contributed by atoms with Crippen LogP contribution in [0.25, 0.3) is 0 Å². The molecule has 1 saturated heterocycles. The molecule has 1 atom stereocenters. The maximum Gasteiger partial charge on any atom is 0.219 e. The number of piperazine rings is 1. The van der Waals surface area contributed by atoms with Crippen molar-refractivity contribution in [2.75, 3.05) is 26.2 Å². The van der Waals surface area contributed by atoms with Crippen molar-refractivity contribution in [1.29, 1.82) is 0 Å². The third-order valence-corrected chi connectivity index (χ3v) is 5.79. The van der Waals surface area contributed by atoms with E-state index in [2.05, 4.69) is 24.5 Å². The quantitative estimate of drug-likeness (QED) is 0.735. The zero-order chi connectivity index (χ0) is 21.6. The summed E-state index contributed by atoms with van der Waals surface area (Å²) in [5.74, 6) is 0.640. The highest BCUT2D eigenvalue weighted by molar-refractivity contribution is 5.73. The molecule has 1 amide bonds. The van der Waals surface area contributed by atoms with Crippen LogP contribution in [-0.4, -0.2) is 52.1 Å². The molecule has 0 spiro atoms. The van der Waals surface area contributed by atoms with Gasteiger partial charge in [-0.3, -0.25) is 9.69 Å². The summed E-state index contributed by atoms with van der Waals surface area (Å²) in [6, 6.07) is 1.79. The van der Waals surface area contributed by atoms with E-state index < -0.39 is 0 Å². The molecule has 2 N–H and O–H groups in total. The lowest BCUT2D eigenvalue weighted by molar-refractivity contribution is -0.130. The van der Waals surface area contributed by atoms with Crippen molar-refractivity contribution in [3.05, 3.63) is 47.1 Å². The average Bonchev–Trinajstić information content (AvgIpc) is 2.66. The number of nitrogens with zero attached hydrogens (tertiary/aromatic N) is 2. The second-order valence-electron chi connectivity index (χ2n) is 8.16. The fourth-order valence-electron chi connectivity index (χ4n) is 4.19. The lowest BCUT2D eigenvalue weighted by Crippen LogP contribution is -2.47. The first-order valence-corrected chi connectivity index (χ1v) is 10.5. The average molecular weight is 401 g/mol. The summed E-state index contributed by atoms with van der Waals surface area (Å²) in [7, 11) is 0. The van der Waals surface area contributed by atoms with E-state index in [1.807, 2.05) is 18.7 Å². The van der Waals surface area contributed by atoms with Gasteiger partial charge in [0.15, 0.2) is 0 Å². The van der Waals surface area contributed by atoms with E-state index in [1.54, 1.807) is 19.1 Å². The Morgan fingerprint density at radius 1 is 1.24 bits per heavy atom. The highest BCUT2D eigenvalue weighted by Gasteiger charge is 2.26. The molecular weight excluding hydrogens is 364 g/mol. The van der Waals surface area contributed by atoms with Crippen LogP contribution >= 0.6 is 0 Å². The van der Waals surface area contributed by atoms with Crippen molar-refractivity contribution in [3.8, 4) is 11.5 Å². The summed E-state index contributed by atoms with van der Waals surface area (Å²) in [6.45, 7) is 14.6. The number of hydrogen-bond acceptors (Lipinski definition) is 4. The molecule has 2 aliphatic rings. The number of allylic oxidation sites excluding steroid dienone is 3. The monoisotopic (exact) mass is 400 g/mol. The van der Waals surface area contributed by atoms with Crippen LogP contribution in [0.15, 0.2) is 30.4 Å². The van der Waals surface area contributed by atoms with Gasteiger partial charge in [0.05, 0.1) is 0 Å². The van der Waals surface area contributed by atoms with Crippen LogP contribution in [-0.2, 0) is 11.3 Å². The largest absolute Gasteiger partial charge is 0.507 e. The second kappa shape index (κ2) is 10.5. The standard InChI is InChI=1S/C21H30N2O3.C3H6/c1-14-5-4-6-17(11-14)20-19(25)12-15(2)18(21(20)26)13-22-7-9-23(10-8-22)16(3)24;1-3-2/h11-12,17,25-26H,4-10,13H2,1-3H3;3H,1H2,2H3/t17-;/m0./s1. The van der Waals surface area contributed by atoms with Gasteiger partial charge in [0.25, 0.3) is 0 Å². The molecule has 0 aromatic heterocycles. The topological polar surface area (TPSA) is 64.0 Å². The molecule has 1 heterocycles. The van der Waals surface area contributed by atoms with Gasteiger partial charge in [0, 0.05) is 56.7 Å². The number of aryl methyl sites for hydroxylation is 1. The fraction of sp³-hybridized carbons (Fsp3) is 0.542. The van der Waals surface area contributed by atoms with Gasteiger partial charge in [0.1, 0.15) is 11.5 Å². The van der Waals surface area contributed by atoms with Gasteiger partial charge in [-0.1, -0.05) is 17.7 Å². The summed E-state index contributed by atoms with van der Waals surface area (Å²) in [5.41, 5.74) is 3.80. The first-order chi connectivity index (χ1) is 13.8. The number of aromatic hydroxyl groups is 2. The van der Waals surface area contributed by atoms with Crippen LogP contribution in [0.5, 0.6) is 11.5 Å². The minimum absolute atomic E-state index is 0.0812. The Labute approximate surface area is 175 Å². The van der Waals surface area contributed by atoms with E-state index in [9.17, 15) is 15.0 Å². The maximum absolute atomic E-state index is 11.5. The Kier molecular flexibility index (Phi) is 8.32. The maximum atomic E-state index is 11.5. The van der Waals surface area contributed by atoms with Gasteiger partial charge in [0.2, 0.25) is 5.91 Å². The molecule has 0 bridgehead atoms. The first kappa shape index (κ1) is 23.0. The molecule has 1 aliphatic carbocycles. The van der Waals surface area contributed by atoms with Gasteiger partial charge >= 0.3 is 0 Å². The Morgan fingerprint density at radius 3 is 2.41 bits per heavy atom. The third-order valence-electron chi connectivity index (χ3n) is 5.79. The molecule has 0 saturated carbocycles. The van der Waals surface area contributed by atoms with E-state index in [0.29, 0.717) is 12.1 Å². The van der Waals surface area contributed by atoms with Gasteiger partial charge in [-0.05, 0) is 51.7 Å². The van der Waals surface area contributed by atoms with Gasteiger partial charge in [-0.15, -0.1) is 6.58 Å². The predicted molar refractivity (Wildman–Crippen MR) is 118 cm³/mol. The zero-order valence-corrected chi connectivity index (χ0v) is 18.4. The fourth-order valence-corrected chi connectivity index (χ4v) is 4.19. The summed E-state index contributed by atoms with van der Waals surface area (Å²) >= 11 is 0. The molecular formula is C24H36N2O3. The molecule has 1 fully saturated rings. The number of benzene rings is 1. The summed E-state index contributed by atoms with van der Waals surface area (Å²) in [5, 5.41) is 21.5. The number of carbonyl (C=O) groups is 1. The van der Waals surface area contributed by atoms with Crippen LogP contribution in [0.1, 0.15) is 62.6 Å². The van der Waals surface area contributed by atoms with Crippen LogP contribution in [0.4, 0.5) is 0 Å². The molecule has 29 heavy (non-hydrogen) atoms. The normalized spacial score (nSPS) is 19.8. The number of rotatable bonds is 3. The number of phenols is 2. The van der Waals surface area contributed by atoms with Gasteiger partial charge in [-0.25, -0.2) is 0 Å². The highest BCUT2D eigenvalue weighted by Crippen LogP contribution is 2.43. The smallest absolute Gasteiger partial charge is 0.219 e. The molecule has 1 aliphatic heterocycles. The number of hydrogen-bond donors (Lipinski definition) is 2. The third kappa shape index (κ3) is 5.86. The van der Waals surface area contributed by atoms with Crippen molar-refractivity contribution in [3.63, 3.8) is 0 Å². The molecule has 160 valence electrons. The molecule has 5 nitrogen and oxygen atoms in total. The van der Waals surface area contributed by atoms with Gasteiger partial charge < -0.3 is 15.1 Å². The van der Waals surface area contributed by atoms with Crippen molar-refractivity contribution in [1.82, 2.24) is 9.80 Å². The number of phenolic OH excluding ortho intramolecular Hbond substituents is 2. The van der Waals surface area contributed by atoms with E-state index in [0.717, 1.165) is 56.6 Å². The van der Waals surface area contributed by atoms with Crippen molar-refractivity contribution in [2.45, 2.75) is 59.4 Å². The number of amides is 1. The summed E-state index contributed by atoms with van der Waals surface area (Å²) < 4.78 is 0. The first-order valence-electron chi connectivity index (χ1n) is 10.5. The summed E-state index contributed by atoms with van der Waals surface area (Å²) in [6.07, 6.45) is 7.07. The van der Waals surface area contributed by atoms with E-state index in [4.69, 9.17) is 0 Å². The Bertz CT molecular complexity index is 762. The Morgan fingerprint density at radius 2 is 1.86 bits per heavy atom. The highest BCUT2D eigenvalue weighted by atomic mass is 16.3. The van der Waals surface area contributed by atoms with Crippen LogP contribution < -0.4 is 0 Å². The van der Waals surface area contributed by atoms with Crippen molar-refractivity contribution in [2.24, 2.45) is 0 Å². The Balaban J connectivity index is 0.000000941. The SMILES string of the molecule is C=CC.CC(=O)N1CCN(Cc2c(C)cc(O)c([C@@H]3C=C(C)CCC3)c2O)CC1. The minimum atomic E-state index is 0.0812. The van der Waals surface area contributed by atoms with Crippen molar-refractivity contribution < 1.29 is 15.0 Å². The van der Waals surface area contributed by atoms with E-state index in [1.165, 1.54) is 5.57 Å². The van der Waals surface area contributed by atoms with E-state index in [-0.39, 0.29) is 23.3 Å². The van der Waals surface area contributed by atoms with Crippen molar-refractivity contribution >= 4 is 5.91 Å². The zero-order valence-electron chi connectivity index (χ0n) is 18.4. The van der Waals surface area contributed by atoms with E-state index >= 15 is 0 Å². The molecule has 0 unspecified atom stereocenters. The van der Waals surface area contributed by atoms with Crippen LogP contribution in [0.3, 0.4) is 0 Å². The minimum Gasteiger partial charge on any atom is -0.507 e. The molecule has 1 aromatic carbocycles. The molecule has 3 rings (SSSR count). The molecule has 5 heteroatoms. The predicted octanol–water partition coefficient (Wildman–Crippen LogP) is 4.48. The lowest BCUT2D eigenvalue weighted by atomic mass is 9.83. The second-order valence-corrected chi connectivity index (χ2v) is 8.16. The van der Waals surface area contributed by atoms with Gasteiger partial charge in [-0.2, -0.15) is 0 Å². The lowest BCUT2D eigenvalue weighted by Gasteiger charge is -2.35.